The van der Waals surface area contributed by atoms with Gasteiger partial charge in [-0.3, -0.25) is 9.59 Å². The Kier molecular flexibility index (Phi) is 4.08. The number of methoxy groups -OCH3 is 1. The second kappa shape index (κ2) is 6.20. The van der Waals surface area contributed by atoms with Crippen LogP contribution in [0.1, 0.15) is 33.3 Å². The largest absolute Gasteiger partial charge is 0.497 e. The highest BCUT2D eigenvalue weighted by atomic mass is 16.5. The Morgan fingerprint density at radius 1 is 1.12 bits per heavy atom. The van der Waals surface area contributed by atoms with Gasteiger partial charge in [-0.05, 0) is 49.7 Å². The van der Waals surface area contributed by atoms with Crippen molar-refractivity contribution in [2.24, 2.45) is 0 Å². The van der Waals surface area contributed by atoms with Crippen LogP contribution in [0.3, 0.4) is 0 Å². The van der Waals surface area contributed by atoms with Crippen molar-refractivity contribution in [3.05, 3.63) is 59.3 Å². The van der Waals surface area contributed by atoms with Crippen LogP contribution < -0.4 is 10.1 Å². The fourth-order valence-electron chi connectivity index (χ4n) is 2.67. The molecule has 0 radical (unpaired) electrons. The van der Waals surface area contributed by atoms with E-state index in [1.54, 1.807) is 31.4 Å². The first kappa shape index (κ1) is 15.8. The molecule has 122 valence electrons. The van der Waals surface area contributed by atoms with Gasteiger partial charge in [0.1, 0.15) is 11.4 Å². The number of hydrogen-bond donors (Lipinski definition) is 2. The molecule has 24 heavy (non-hydrogen) atoms. The topological polar surface area (TPSA) is 71.2 Å². The van der Waals surface area contributed by atoms with Gasteiger partial charge in [0.15, 0.2) is 5.78 Å². The number of amides is 1. The summed E-state index contributed by atoms with van der Waals surface area (Å²) in [4.78, 5) is 27.2. The standard InChI is InChI=1S/C19H18N2O3/c1-11-16-10-15(24-3)7-8-17(16)21-18(11)19(23)20-14-6-4-5-13(9-14)12(2)22/h4-10,21H,1-3H3,(H,20,23). The lowest BCUT2D eigenvalue weighted by molar-refractivity contribution is 0.100. The second-order valence-corrected chi connectivity index (χ2v) is 5.63. The Hall–Kier alpha value is -3.08. The number of ketones is 1. The molecule has 0 aliphatic heterocycles. The van der Waals surface area contributed by atoms with Crippen molar-refractivity contribution >= 4 is 28.3 Å². The molecule has 0 bridgehead atoms. The molecule has 0 aliphatic rings. The van der Waals surface area contributed by atoms with Gasteiger partial charge in [-0.2, -0.15) is 0 Å². The number of aryl methyl sites for hydroxylation is 1. The van der Waals surface area contributed by atoms with Crippen LogP contribution in [-0.2, 0) is 0 Å². The molecule has 5 heteroatoms. The van der Waals surface area contributed by atoms with E-state index in [9.17, 15) is 9.59 Å². The molecule has 3 rings (SSSR count). The number of Topliss-reactive ketones (excluding diaryl/α,β-unsaturated/α-hetero) is 1. The van der Waals surface area contributed by atoms with E-state index in [-0.39, 0.29) is 11.7 Å². The lowest BCUT2D eigenvalue weighted by atomic mass is 10.1. The minimum atomic E-state index is -0.247. The Balaban J connectivity index is 1.93. The molecular formula is C19H18N2O3. The highest BCUT2D eigenvalue weighted by Gasteiger charge is 2.15. The van der Waals surface area contributed by atoms with Crippen molar-refractivity contribution in [1.82, 2.24) is 4.98 Å². The van der Waals surface area contributed by atoms with Crippen LogP contribution in [0, 0.1) is 6.92 Å². The van der Waals surface area contributed by atoms with E-state index in [1.165, 1.54) is 6.92 Å². The molecule has 2 aromatic carbocycles. The average Bonchev–Trinajstić information content (AvgIpc) is 2.91. The third-order valence-electron chi connectivity index (χ3n) is 4.02. The smallest absolute Gasteiger partial charge is 0.272 e. The van der Waals surface area contributed by atoms with Crippen LogP contribution in [0.25, 0.3) is 10.9 Å². The highest BCUT2D eigenvalue weighted by molar-refractivity contribution is 6.08. The number of fused-ring (bicyclic) bond motifs is 1. The van der Waals surface area contributed by atoms with E-state index in [0.717, 1.165) is 22.2 Å². The molecule has 1 aromatic heterocycles. The second-order valence-electron chi connectivity index (χ2n) is 5.63. The predicted molar refractivity (Wildman–Crippen MR) is 94.0 cm³/mol. The Morgan fingerprint density at radius 3 is 2.62 bits per heavy atom. The maximum atomic E-state index is 12.6. The van der Waals surface area contributed by atoms with E-state index in [1.807, 2.05) is 25.1 Å². The molecule has 5 nitrogen and oxygen atoms in total. The molecule has 0 saturated carbocycles. The Labute approximate surface area is 139 Å². The van der Waals surface area contributed by atoms with Gasteiger partial charge in [0.05, 0.1) is 7.11 Å². The number of benzene rings is 2. The first-order valence-corrected chi connectivity index (χ1v) is 7.58. The first-order chi connectivity index (χ1) is 11.5. The summed E-state index contributed by atoms with van der Waals surface area (Å²) in [5, 5.41) is 3.77. The molecule has 0 saturated heterocycles. The third kappa shape index (κ3) is 2.88. The number of nitrogens with one attached hydrogen (secondary N) is 2. The normalized spacial score (nSPS) is 10.6. The molecule has 0 spiro atoms. The van der Waals surface area contributed by atoms with E-state index >= 15 is 0 Å². The fourth-order valence-corrected chi connectivity index (χ4v) is 2.67. The zero-order chi connectivity index (χ0) is 17.3. The van der Waals surface area contributed by atoms with Crippen LogP contribution in [0.15, 0.2) is 42.5 Å². The average molecular weight is 322 g/mol. The summed E-state index contributed by atoms with van der Waals surface area (Å²) in [6.45, 7) is 3.38. The number of rotatable bonds is 4. The number of hydrogen-bond acceptors (Lipinski definition) is 3. The third-order valence-corrected chi connectivity index (χ3v) is 4.02. The van der Waals surface area contributed by atoms with Gasteiger partial charge in [0.2, 0.25) is 0 Å². The summed E-state index contributed by atoms with van der Waals surface area (Å²) < 4.78 is 5.23. The molecule has 1 heterocycles. The van der Waals surface area contributed by atoms with Gasteiger partial charge in [0.25, 0.3) is 5.91 Å². The lowest BCUT2D eigenvalue weighted by Gasteiger charge is -2.06. The minimum absolute atomic E-state index is 0.0417. The van der Waals surface area contributed by atoms with Gasteiger partial charge in [-0.15, -0.1) is 0 Å². The quantitative estimate of drug-likeness (QED) is 0.715. The van der Waals surface area contributed by atoms with Gasteiger partial charge >= 0.3 is 0 Å². The zero-order valence-corrected chi connectivity index (χ0v) is 13.8. The van der Waals surface area contributed by atoms with Gasteiger partial charge in [-0.25, -0.2) is 0 Å². The molecule has 0 fully saturated rings. The summed E-state index contributed by atoms with van der Waals surface area (Å²) in [7, 11) is 1.61. The fraction of sp³-hybridized carbons (Fsp3) is 0.158. The predicted octanol–water partition coefficient (Wildman–Crippen LogP) is 3.94. The van der Waals surface area contributed by atoms with E-state index in [2.05, 4.69) is 10.3 Å². The zero-order valence-electron chi connectivity index (χ0n) is 13.8. The SMILES string of the molecule is COc1ccc2[nH]c(C(=O)Nc3cccc(C(C)=O)c3)c(C)c2c1. The monoisotopic (exact) mass is 322 g/mol. The molecular weight excluding hydrogens is 304 g/mol. The number of carbonyl (C=O) groups is 2. The van der Waals surface area contributed by atoms with Crippen molar-refractivity contribution in [2.75, 3.05) is 12.4 Å². The van der Waals surface area contributed by atoms with E-state index in [0.29, 0.717) is 16.9 Å². The molecule has 2 N–H and O–H groups in total. The number of carbonyl (C=O) groups excluding carboxylic acids is 2. The van der Waals surface area contributed by atoms with E-state index in [4.69, 9.17) is 4.74 Å². The number of H-pyrrole nitrogens is 1. The van der Waals surface area contributed by atoms with Gasteiger partial charge < -0.3 is 15.0 Å². The number of anilines is 1. The van der Waals surface area contributed by atoms with Crippen molar-refractivity contribution < 1.29 is 14.3 Å². The van der Waals surface area contributed by atoms with Crippen molar-refractivity contribution in [2.45, 2.75) is 13.8 Å². The van der Waals surface area contributed by atoms with Gasteiger partial charge in [0, 0.05) is 22.2 Å². The van der Waals surface area contributed by atoms with Crippen LogP contribution >= 0.6 is 0 Å². The van der Waals surface area contributed by atoms with Gasteiger partial charge in [-0.1, -0.05) is 12.1 Å². The first-order valence-electron chi connectivity index (χ1n) is 7.58. The minimum Gasteiger partial charge on any atom is -0.497 e. The van der Waals surface area contributed by atoms with Crippen molar-refractivity contribution in [1.29, 1.82) is 0 Å². The van der Waals surface area contributed by atoms with Crippen LogP contribution in [-0.4, -0.2) is 23.8 Å². The summed E-state index contributed by atoms with van der Waals surface area (Å²) >= 11 is 0. The number of aromatic nitrogens is 1. The van der Waals surface area contributed by atoms with Crippen LogP contribution in [0.2, 0.25) is 0 Å². The molecule has 0 unspecified atom stereocenters. The maximum absolute atomic E-state index is 12.6. The summed E-state index contributed by atoms with van der Waals surface area (Å²) in [6.07, 6.45) is 0. The summed E-state index contributed by atoms with van der Waals surface area (Å²) in [6, 6.07) is 12.5. The summed E-state index contributed by atoms with van der Waals surface area (Å²) in [5.74, 6) is 0.453. The molecule has 1 amide bonds. The molecule has 0 atom stereocenters. The maximum Gasteiger partial charge on any atom is 0.272 e. The van der Waals surface area contributed by atoms with Crippen LogP contribution in [0.4, 0.5) is 5.69 Å². The Morgan fingerprint density at radius 2 is 1.92 bits per heavy atom. The van der Waals surface area contributed by atoms with E-state index < -0.39 is 0 Å². The highest BCUT2D eigenvalue weighted by Crippen LogP contribution is 2.26. The lowest BCUT2D eigenvalue weighted by Crippen LogP contribution is -2.13. The molecule has 0 aliphatic carbocycles. The summed E-state index contributed by atoms with van der Waals surface area (Å²) in [5.41, 5.74) is 3.36. The Bertz CT molecular complexity index is 941. The van der Waals surface area contributed by atoms with Crippen molar-refractivity contribution in [3.63, 3.8) is 0 Å². The van der Waals surface area contributed by atoms with Crippen LogP contribution in [0.5, 0.6) is 5.75 Å². The molecule has 3 aromatic rings. The number of ether oxygens (including phenoxy) is 1. The van der Waals surface area contributed by atoms with Crippen molar-refractivity contribution in [3.8, 4) is 5.75 Å². The number of aromatic amines is 1.